The van der Waals surface area contributed by atoms with Gasteiger partial charge in [0.1, 0.15) is 5.56 Å². The number of nitrogens with one attached hydrogen (secondary N) is 1. The van der Waals surface area contributed by atoms with E-state index in [9.17, 15) is 9.59 Å². The molecule has 2 saturated heterocycles. The summed E-state index contributed by atoms with van der Waals surface area (Å²) in [5, 5.41) is 0. The molecule has 2 aliphatic rings. The first-order chi connectivity index (χ1) is 11.0. The molecule has 23 heavy (non-hydrogen) atoms. The average molecular weight is 317 g/mol. The zero-order valence-electron chi connectivity index (χ0n) is 14.3. The van der Waals surface area contributed by atoms with Crippen LogP contribution in [0.25, 0.3) is 0 Å². The van der Waals surface area contributed by atoms with E-state index in [1.807, 2.05) is 11.0 Å². The molecule has 0 saturated carbocycles. The number of fused-ring (bicyclic) bond motifs is 1. The third-order valence-electron chi connectivity index (χ3n) is 5.65. The number of nitrogens with zero attached hydrogens (tertiary/aromatic N) is 2. The summed E-state index contributed by atoms with van der Waals surface area (Å²) in [7, 11) is 2.14. The highest BCUT2D eigenvalue weighted by Crippen LogP contribution is 2.30. The molecule has 0 aromatic carbocycles. The number of likely N-dealkylation sites (N-methyl/N-ethyl adjacent to an activating group) is 1. The molecule has 3 heterocycles. The van der Waals surface area contributed by atoms with Gasteiger partial charge in [-0.25, -0.2) is 0 Å². The van der Waals surface area contributed by atoms with E-state index in [-0.39, 0.29) is 23.1 Å². The van der Waals surface area contributed by atoms with Gasteiger partial charge in [-0.3, -0.25) is 9.59 Å². The van der Waals surface area contributed by atoms with Crippen molar-refractivity contribution in [2.45, 2.75) is 57.5 Å². The summed E-state index contributed by atoms with van der Waals surface area (Å²) in [5.74, 6) is 0.194. The second-order valence-electron chi connectivity index (χ2n) is 7.01. The molecule has 1 aromatic heterocycles. The van der Waals surface area contributed by atoms with Crippen molar-refractivity contribution in [3.63, 3.8) is 0 Å². The number of H-pyrrole nitrogens is 1. The van der Waals surface area contributed by atoms with Crippen LogP contribution in [0.1, 0.15) is 61.5 Å². The molecule has 126 valence electrons. The van der Waals surface area contributed by atoms with Gasteiger partial charge >= 0.3 is 0 Å². The monoisotopic (exact) mass is 317 g/mol. The predicted molar refractivity (Wildman–Crippen MR) is 90.9 cm³/mol. The SMILES string of the molecule is CCC(C)c1ccc(C(=O)N2CCC3C2CCCN3C)c(=O)[nH]1. The molecule has 5 heteroatoms. The predicted octanol–water partition coefficient (Wildman–Crippen LogP) is 2.20. The molecular weight excluding hydrogens is 290 g/mol. The van der Waals surface area contributed by atoms with E-state index in [0.29, 0.717) is 12.0 Å². The van der Waals surface area contributed by atoms with Crippen LogP contribution in [0, 0.1) is 0 Å². The number of amides is 1. The Kier molecular flexibility index (Phi) is 4.57. The maximum absolute atomic E-state index is 12.9. The zero-order chi connectivity index (χ0) is 16.6. The lowest BCUT2D eigenvalue weighted by molar-refractivity contribution is 0.0629. The number of pyridine rings is 1. The van der Waals surface area contributed by atoms with Crippen molar-refractivity contribution >= 4 is 5.91 Å². The van der Waals surface area contributed by atoms with E-state index in [1.165, 1.54) is 0 Å². The number of carbonyl (C=O) groups is 1. The second-order valence-corrected chi connectivity index (χ2v) is 7.01. The molecule has 1 aromatic rings. The summed E-state index contributed by atoms with van der Waals surface area (Å²) in [6, 6.07) is 4.31. The van der Waals surface area contributed by atoms with Crippen molar-refractivity contribution in [2.75, 3.05) is 20.1 Å². The standard InChI is InChI=1S/C18H27N3O2/c1-4-12(2)14-8-7-13(17(22)19-14)18(23)21-11-9-15-16(21)6-5-10-20(15)3/h7-8,12,15-16H,4-6,9-11H2,1-3H3,(H,19,22). The molecule has 0 bridgehead atoms. The highest BCUT2D eigenvalue weighted by molar-refractivity contribution is 5.94. The van der Waals surface area contributed by atoms with E-state index < -0.39 is 0 Å². The Morgan fingerprint density at radius 3 is 2.78 bits per heavy atom. The first kappa shape index (κ1) is 16.2. The summed E-state index contributed by atoms with van der Waals surface area (Å²) in [6.07, 6.45) is 4.13. The van der Waals surface area contributed by atoms with Crippen LogP contribution in [0.4, 0.5) is 0 Å². The normalized spacial score (nSPS) is 26.1. The summed E-state index contributed by atoms with van der Waals surface area (Å²) < 4.78 is 0. The van der Waals surface area contributed by atoms with Gasteiger partial charge in [0.15, 0.2) is 0 Å². The van der Waals surface area contributed by atoms with Gasteiger partial charge in [-0.2, -0.15) is 0 Å². The van der Waals surface area contributed by atoms with Gasteiger partial charge in [0.2, 0.25) is 0 Å². The number of hydrogen-bond acceptors (Lipinski definition) is 3. The molecule has 0 radical (unpaired) electrons. The topological polar surface area (TPSA) is 56.4 Å². The van der Waals surface area contributed by atoms with Crippen LogP contribution in [0.2, 0.25) is 0 Å². The lowest BCUT2D eigenvalue weighted by Gasteiger charge is -2.37. The fourth-order valence-electron chi connectivity index (χ4n) is 3.99. The third kappa shape index (κ3) is 2.94. The number of likely N-dealkylation sites (tertiary alicyclic amines) is 2. The van der Waals surface area contributed by atoms with Gasteiger partial charge in [0.25, 0.3) is 11.5 Å². The maximum atomic E-state index is 12.9. The molecule has 2 fully saturated rings. The molecule has 0 spiro atoms. The van der Waals surface area contributed by atoms with E-state index in [4.69, 9.17) is 0 Å². The number of aromatic nitrogens is 1. The number of aromatic amines is 1. The first-order valence-corrected chi connectivity index (χ1v) is 8.77. The Morgan fingerprint density at radius 2 is 2.09 bits per heavy atom. The minimum Gasteiger partial charge on any atom is -0.334 e. The quantitative estimate of drug-likeness (QED) is 0.930. The molecule has 3 unspecified atom stereocenters. The largest absolute Gasteiger partial charge is 0.334 e. The van der Waals surface area contributed by atoms with E-state index in [1.54, 1.807) is 6.07 Å². The smallest absolute Gasteiger partial charge is 0.261 e. The first-order valence-electron chi connectivity index (χ1n) is 8.77. The number of carbonyl (C=O) groups excluding carboxylic acids is 1. The Hall–Kier alpha value is -1.62. The number of piperidine rings is 1. The van der Waals surface area contributed by atoms with Gasteiger partial charge in [-0.15, -0.1) is 0 Å². The Balaban J connectivity index is 1.82. The van der Waals surface area contributed by atoms with Crippen molar-refractivity contribution < 1.29 is 4.79 Å². The molecule has 1 amide bonds. The van der Waals surface area contributed by atoms with Gasteiger partial charge in [-0.1, -0.05) is 13.8 Å². The molecule has 5 nitrogen and oxygen atoms in total. The molecule has 0 aliphatic carbocycles. The van der Waals surface area contributed by atoms with Crippen molar-refractivity contribution in [3.8, 4) is 0 Å². The Morgan fingerprint density at radius 1 is 1.30 bits per heavy atom. The summed E-state index contributed by atoms with van der Waals surface area (Å²) in [5.41, 5.74) is 0.942. The Bertz CT molecular complexity index is 639. The van der Waals surface area contributed by atoms with Crippen LogP contribution in [0.3, 0.4) is 0 Å². The molecule has 3 atom stereocenters. The van der Waals surface area contributed by atoms with E-state index >= 15 is 0 Å². The maximum Gasteiger partial charge on any atom is 0.261 e. The minimum absolute atomic E-state index is 0.107. The van der Waals surface area contributed by atoms with Gasteiger partial charge in [0, 0.05) is 24.3 Å². The number of hydrogen-bond donors (Lipinski definition) is 1. The minimum atomic E-state index is -0.250. The van der Waals surface area contributed by atoms with Crippen molar-refractivity contribution in [3.05, 3.63) is 33.7 Å². The zero-order valence-corrected chi connectivity index (χ0v) is 14.3. The highest BCUT2D eigenvalue weighted by atomic mass is 16.2. The van der Waals surface area contributed by atoms with Crippen molar-refractivity contribution in [1.82, 2.24) is 14.8 Å². The second kappa shape index (κ2) is 6.48. The fourth-order valence-corrected chi connectivity index (χ4v) is 3.99. The van der Waals surface area contributed by atoms with Gasteiger partial charge in [-0.05, 0) is 57.3 Å². The fraction of sp³-hybridized carbons (Fsp3) is 0.667. The van der Waals surface area contributed by atoms with Crippen LogP contribution in [0.15, 0.2) is 16.9 Å². The molecule has 2 aliphatic heterocycles. The van der Waals surface area contributed by atoms with Gasteiger partial charge < -0.3 is 14.8 Å². The van der Waals surface area contributed by atoms with E-state index in [2.05, 4.69) is 30.8 Å². The lowest BCUT2D eigenvalue weighted by atomic mass is 9.97. The van der Waals surface area contributed by atoms with Crippen LogP contribution in [-0.4, -0.2) is 52.9 Å². The summed E-state index contributed by atoms with van der Waals surface area (Å²) in [6.45, 7) is 6.03. The summed E-state index contributed by atoms with van der Waals surface area (Å²) in [4.78, 5) is 32.4. The van der Waals surface area contributed by atoms with Crippen LogP contribution in [-0.2, 0) is 0 Å². The Labute approximate surface area is 137 Å². The van der Waals surface area contributed by atoms with Crippen LogP contribution >= 0.6 is 0 Å². The average Bonchev–Trinajstić information content (AvgIpc) is 2.99. The van der Waals surface area contributed by atoms with Crippen LogP contribution in [0.5, 0.6) is 0 Å². The number of rotatable bonds is 3. The van der Waals surface area contributed by atoms with Gasteiger partial charge in [0.05, 0.1) is 0 Å². The highest BCUT2D eigenvalue weighted by Gasteiger charge is 2.41. The van der Waals surface area contributed by atoms with E-state index in [0.717, 1.165) is 44.5 Å². The van der Waals surface area contributed by atoms with Crippen molar-refractivity contribution in [1.29, 1.82) is 0 Å². The van der Waals surface area contributed by atoms with Crippen LogP contribution < -0.4 is 5.56 Å². The van der Waals surface area contributed by atoms with Crippen molar-refractivity contribution in [2.24, 2.45) is 0 Å². The summed E-state index contributed by atoms with van der Waals surface area (Å²) >= 11 is 0. The molecule has 1 N–H and O–H groups in total. The third-order valence-corrected chi connectivity index (χ3v) is 5.65. The lowest BCUT2D eigenvalue weighted by Crippen LogP contribution is -2.49. The molecule has 3 rings (SSSR count). The molecular formula is C18H27N3O2.